The van der Waals surface area contributed by atoms with Gasteiger partial charge < -0.3 is 28.9 Å². The number of hydroxylamine groups is 2. The maximum atomic E-state index is 12.9. The Morgan fingerprint density at radius 3 is 2.04 bits per heavy atom. The average Bonchev–Trinajstić information content (AvgIpc) is 3.87. The summed E-state index contributed by atoms with van der Waals surface area (Å²) < 4.78 is 82.3. The number of carbonyl (C=O) groups excluding carboxylic acids is 4. The fraction of sp³-hybridized carbons (Fsp3) is 0.386. The van der Waals surface area contributed by atoms with Gasteiger partial charge in [-0.1, -0.05) is 19.9 Å². The fourth-order valence-electron chi connectivity index (χ4n) is 9.95. The third-order valence-electron chi connectivity index (χ3n) is 13.9. The summed E-state index contributed by atoms with van der Waals surface area (Å²) in [7, 11) is -9.47. The van der Waals surface area contributed by atoms with Crippen LogP contribution in [0.15, 0.2) is 117 Å². The molecule has 16 nitrogen and oxygen atoms in total. The van der Waals surface area contributed by atoms with Gasteiger partial charge in [-0.05, 0) is 142 Å². The van der Waals surface area contributed by atoms with Crippen molar-refractivity contribution in [3.8, 4) is 30.4 Å². The van der Waals surface area contributed by atoms with Crippen LogP contribution in [0.1, 0.15) is 129 Å². The average molecular weight is 1100 g/mol. The van der Waals surface area contributed by atoms with Crippen LogP contribution in [-0.4, -0.2) is 78.1 Å². The van der Waals surface area contributed by atoms with Crippen LogP contribution in [0.5, 0.6) is 5.75 Å². The molecule has 0 saturated carbocycles. The zero-order chi connectivity index (χ0) is 54.3. The van der Waals surface area contributed by atoms with Crippen molar-refractivity contribution in [3.05, 3.63) is 119 Å². The van der Waals surface area contributed by atoms with Crippen LogP contribution in [0.4, 0.5) is 17.1 Å². The van der Waals surface area contributed by atoms with Gasteiger partial charge in [-0.15, -0.1) is 29.8 Å². The van der Waals surface area contributed by atoms with Crippen molar-refractivity contribution in [2.45, 2.75) is 138 Å². The molecule has 76 heavy (non-hydrogen) atoms. The number of allylic oxidation sites excluding steroid dienone is 7. The molecule has 1 N–H and O–H groups in total. The summed E-state index contributed by atoms with van der Waals surface area (Å²) in [6.07, 6.45) is 25.3. The van der Waals surface area contributed by atoms with Gasteiger partial charge >= 0.3 is 57.4 Å². The molecule has 0 aromatic heterocycles. The Balaban J connectivity index is 0.00000937. The van der Waals surface area contributed by atoms with E-state index in [1.807, 2.05) is 52.0 Å². The standard InChI is InChI=1S/C57H62N4O12S2.K/c1-7-9-11-13-35-59-47-29-27-43(74(66,67)68)37-45(47)56(3,4)49(59)31-21-39-17-15-18-40(22-32-50-57(5,6)46-38-44(75(69,70)71)28-30-48(46)60(50)36-14-12-10-8-2)55(39)72-42-25-23-41(24-26-42)58-51(62)19-16-20-54(65)73-61-52(63)33-34-53(61)64;/h1-2,21-32,37-38H,9-20,33-36H2,3-6H3,(H2-,58,62,66,67,68,69,70,71);/q;+1/p-1. The van der Waals surface area contributed by atoms with Gasteiger partial charge in [0, 0.05) is 91.7 Å². The number of hydrogen-bond acceptors (Lipinski definition) is 13. The largest absolute Gasteiger partial charge is 1.00 e. The Kier molecular flexibility index (Phi) is 19.9. The van der Waals surface area contributed by atoms with Crippen molar-refractivity contribution >= 4 is 66.7 Å². The molecule has 0 radical (unpaired) electrons. The summed E-state index contributed by atoms with van der Waals surface area (Å²) >= 11 is 0. The van der Waals surface area contributed by atoms with Crippen molar-refractivity contribution in [2.75, 3.05) is 23.3 Å². The predicted molar refractivity (Wildman–Crippen MR) is 280 cm³/mol. The molecule has 4 aliphatic rings. The van der Waals surface area contributed by atoms with Crippen LogP contribution in [0, 0.1) is 24.7 Å². The molecule has 0 unspecified atom stereocenters. The van der Waals surface area contributed by atoms with E-state index >= 15 is 0 Å². The van der Waals surface area contributed by atoms with Gasteiger partial charge in [0.1, 0.15) is 38.3 Å². The molecule has 3 heterocycles. The van der Waals surface area contributed by atoms with Crippen LogP contribution in [0.3, 0.4) is 0 Å². The summed E-state index contributed by atoms with van der Waals surface area (Å²) in [4.78, 5) is 55.2. The van der Waals surface area contributed by atoms with Gasteiger partial charge in [0.05, 0.1) is 15.2 Å². The van der Waals surface area contributed by atoms with Crippen LogP contribution in [-0.2, 0) is 55.1 Å². The molecule has 3 aliphatic heterocycles. The van der Waals surface area contributed by atoms with E-state index in [1.165, 1.54) is 24.3 Å². The first-order chi connectivity index (χ1) is 35.5. The van der Waals surface area contributed by atoms with Crippen molar-refractivity contribution in [2.24, 2.45) is 0 Å². The number of unbranched alkanes of at least 4 members (excludes halogenated alkanes) is 4. The van der Waals surface area contributed by atoms with Gasteiger partial charge in [-0.25, -0.2) is 21.6 Å². The third-order valence-corrected chi connectivity index (χ3v) is 15.6. The first-order valence-corrected chi connectivity index (χ1v) is 27.8. The molecule has 3 aromatic rings. The van der Waals surface area contributed by atoms with Gasteiger partial charge in [0.15, 0.2) is 5.71 Å². The smallest absolute Gasteiger partial charge is 0.744 e. The van der Waals surface area contributed by atoms with E-state index in [-0.39, 0.29) is 99.2 Å². The number of benzene rings is 3. The summed E-state index contributed by atoms with van der Waals surface area (Å²) in [5.41, 5.74) is 5.47. The maximum Gasteiger partial charge on any atom is 1.00 e. The number of amides is 3. The van der Waals surface area contributed by atoms with Gasteiger partial charge in [0.25, 0.3) is 11.8 Å². The molecule has 19 heteroatoms. The minimum Gasteiger partial charge on any atom is -0.744 e. The summed E-state index contributed by atoms with van der Waals surface area (Å²) in [6.45, 7) is 9.13. The second kappa shape index (κ2) is 25.3. The number of hydrogen-bond donors (Lipinski definition) is 1. The van der Waals surface area contributed by atoms with Gasteiger partial charge in [0.2, 0.25) is 11.6 Å². The molecule has 0 atom stereocenters. The zero-order valence-electron chi connectivity index (χ0n) is 43.6. The minimum atomic E-state index is -4.74. The quantitative estimate of drug-likeness (QED) is 0.0329. The number of rotatable bonds is 21. The van der Waals surface area contributed by atoms with E-state index in [0.717, 1.165) is 66.0 Å². The molecular weight excluding hydrogens is 1040 g/mol. The van der Waals surface area contributed by atoms with Gasteiger partial charge in [-0.3, -0.25) is 14.4 Å². The van der Waals surface area contributed by atoms with E-state index < -0.39 is 48.8 Å². The number of fused-ring (bicyclic) bond motifs is 2. The normalized spacial score (nSPS) is 17.9. The summed E-state index contributed by atoms with van der Waals surface area (Å²) in [5, 5.41) is 3.29. The number of anilines is 2. The number of carbonyl (C=O) groups is 4. The van der Waals surface area contributed by atoms with Crippen molar-refractivity contribution < 1.29 is 111 Å². The van der Waals surface area contributed by atoms with E-state index in [0.29, 0.717) is 72.2 Å². The molecule has 1 fully saturated rings. The number of terminal acetylenes is 2. The Hall–Kier alpha value is -5.45. The SMILES string of the molecule is C#CCCCCN1/C(=C/C=C2\CCCC(/C=C/C3=[N+](CCCCC#C)c4ccc(S(=O)(=O)[O-])cc4C3(C)C)=C2Oc2ccc(NC(=O)CCCC(=O)ON3C(=O)CCC3=O)cc2)C(C)(C)c2cc(S(=O)(=O)[O-])ccc21.[K+]. The number of nitrogens with zero attached hydrogens (tertiary/aromatic N) is 3. The summed E-state index contributed by atoms with van der Waals surface area (Å²) in [5.74, 6) is 4.09. The zero-order valence-corrected chi connectivity index (χ0v) is 48.4. The minimum absolute atomic E-state index is 0. The van der Waals surface area contributed by atoms with E-state index in [9.17, 15) is 45.1 Å². The Morgan fingerprint density at radius 1 is 0.763 bits per heavy atom. The van der Waals surface area contributed by atoms with Crippen molar-refractivity contribution in [1.29, 1.82) is 0 Å². The van der Waals surface area contributed by atoms with E-state index in [2.05, 4.69) is 26.6 Å². The van der Waals surface area contributed by atoms with Crippen LogP contribution in [0.25, 0.3) is 0 Å². The molecule has 394 valence electrons. The van der Waals surface area contributed by atoms with Crippen molar-refractivity contribution in [1.82, 2.24) is 5.06 Å². The second-order valence-electron chi connectivity index (χ2n) is 19.9. The Morgan fingerprint density at radius 2 is 1.39 bits per heavy atom. The number of imide groups is 1. The van der Waals surface area contributed by atoms with E-state index in [4.69, 9.17) is 22.4 Å². The topological polar surface area (TPSA) is 223 Å². The van der Waals surface area contributed by atoms with Gasteiger partial charge in [-0.2, -0.15) is 4.58 Å². The molecule has 3 amide bonds. The summed E-state index contributed by atoms with van der Waals surface area (Å²) in [6, 6.07) is 15.8. The predicted octanol–water partition coefficient (Wildman–Crippen LogP) is 5.88. The first-order valence-electron chi connectivity index (χ1n) is 25.0. The third kappa shape index (κ3) is 14.0. The first kappa shape index (κ1) is 59.8. The molecule has 7 rings (SSSR count). The molecule has 3 aromatic carbocycles. The second-order valence-corrected chi connectivity index (χ2v) is 22.6. The monoisotopic (exact) mass is 1100 g/mol. The molecule has 0 spiro atoms. The van der Waals surface area contributed by atoms with Crippen LogP contribution < -0.4 is 66.3 Å². The Labute approximate surface area is 488 Å². The number of ether oxygens (including phenoxy) is 1. The molecule has 1 aliphatic carbocycles. The Bertz CT molecular complexity index is 3250. The maximum absolute atomic E-state index is 12.9. The van der Waals surface area contributed by atoms with E-state index in [1.54, 1.807) is 36.4 Å². The van der Waals surface area contributed by atoms with Crippen LogP contribution >= 0.6 is 0 Å². The molecule has 1 saturated heterocycles. The fourth-order valence-corrected chi connectivity index (χ4v) is 10.9. The van der Waals surface area contributed by atoms with Crippen molar-refractivity contribution in [3.63, 3.8) is 0 Å². The van der Waals surface area contributed by atoms with Crippen LogP contribution in [0.2, 0.25) is 0 Å². The molecular formula is C57H61KN4O12S2. The molecule has 0 bridgehead atoms. The number of nitrogens with one attached hydrogen (secondary N) is 1.